The third-order valence-electron chi connectivity index (χ3n) is 4.33. The van der Waals surface area contributed by atoms with Crippen LogP contribution in [0.4, 0.5) is 0 Å². The molecule has 1 heterocycles. The van der Waals surface area contributed by atoms with Crippen molar-refractivity contribution in [2.45, 2.75) is 73.0 Å². The van der Waals surface area contributed by atoms with Crippen molar-refractivity contribution in [2.75, 3.05) is 19.6 Å². The lowest BCUT2D eigenvalue weighted by atomic mass is 9.87. The molecule has 0 radical (unpaired) electrons. The molecule has 4 heteroatoms. The zero-order valence-corrected chi connectivity index (χ0v) is 15.4. The molecule has 0 spiro atoms. The average Bonchev–Trinajstić information content (AvgIpc) is 2.36. The van der Waals surface area contributed by atoms with Gasteiger partial charge in [0.25, 0.3) is 0 Å². The molecule has 1 amide bonds. The van der Waals surface area contributed by atoms with E-state index in [2.05, 4.69) is 24.1 Å². The fourth-order valence-corrected chi connectivity index (χ4v) is 3.20. The van der Waals surface area contributed by atoms with Gasteiger partial charge in [-0.05, 0) is 31.1 Å². The van der Waals surface area contributed by atoms with E-state index in [1.54, 1.807) is 0 Å². The summed E-state index contributed by atoms with van der Waals surface area (Å²) in [4.78, 5) is 14.7. The van der Waals surface area contributed by atoms with E-state index in [1.807, 2.05) is 27.7 Å². The van der Waals surface area contributed by atoms with Crippen molar-refractivity contribution in [3.8, 4) is 0 Å². The van der Waals surface area contributed by atoms with Crippen LogP contribution in [0.3, 0.4) is 0 Å². The monoisotopic (exact) mass is 312 g/mol. The van der Waals surface area contributed by atoms with Crippen LogP contribution in [0.2, 0.25) is 0 Å². The van der Waals surface area contributed by atoms with Gasteiger partial charge in [0.2, 0.25) is 5.91 Å². The van der Waals surface area contributed by atoms with Gasteiger partial charge in [-0.2, -0.15) is 0 Å². The van der Waals surface area contributed by atoms with Gasteiger partial charge in [-0.25, -0.2) is 0 Å². The standard InChI is InChI=1S/C18H36N2O2/c1-7-16(21)9-14-8-15(19-17(22)18(4,5)6)12-20(11-14)10-13(2)3/h13-16,21H,7-12H2,1-6H3,(H,19,22). The fourth-order valence-electron chi connectivity index (χ4n) is 3.20. The summed E-state index contributed by atoms with van der Waals surface area (Å²) in [5.41, 5.74) is -0.348. The summed E-state index contributed by atoms with van der Waals surface area (Å²) in [6.45, 7) is 15.4. The molecule has 1 rings (SSSR count). The van der Waals surface area contributed by atoms with Crippen LogP contribution in [0.5, 0.6) is 0 Å². The lowest BCUT2D eigenvalue weighted by molar-refractivity contribution is -0.129. The SMILES string of the molecule is CCC(O)CC1CC(NC(=O)C(C)(C)C)CN(CC(C)C)C1. The summed E-state index contributed by atoms with van der Waals surface area (Å²) in [6.07, 6.45) is 2.41. The summed E-state index contributed by atoms with van der Waals surface area (Å²) in [5.74, 6) is 1.21. The number of likely N-dealkylation sites (tertiary alicyclic amines) is 1. The van der Waals surface area contributed by atoms with Crippen molar-refractivity contribution >= 4 is 5.91 Å². The van der Waals surface area contributed by atoms with Crippen LogP contribution in [0.15, 0.2) is 0 Å². The molecule has 0 saturated carbocycles. The number of aliphatic hydroxyl groups excluding tert-OH is 1. The molecule has 0 aromatic carbocycles. The molecule has 22 heavy (non-hydrogen) atoms. The van der Waals surface area contributed by atoms with Crippen LogP contribution < -0.4 is 5.32 Å². The number of aliphatic hydroxyl groups is 1. The Bertz CT molecular complexity index is 349. The van der Waals surface area contributed by atoms with Gasteiger partial charge in [0, 0.05) is 31.1 Å². The summed E-state index contributed by atoms with van der Waals surface area (Å²) < 4.78 is 0. The number of hydrogen-bond donors (Lipinski definition) is 2. The van der Waals surface area contributed by atoms with Crippen molar-refractivity contribution in [1.82, 2.24) is 10.2 Å². The van der Waals surface area contributed by atoms with Crippen LogP contribution in [-0.4, -0.2) is 47.7 Å². The molecule has 3 atom stereocenters. The molecule has 3 unspecified atom stereocenters. The van der Waals surface area contributed by atoms with Crippen LogP contribution in [-0.2, 0) is 4.79 Å². The highest BCUT2D eigenvalue weighted by molar-refractivity contribution is 5.81. The first-order valence-electron chi connectivity index (χ1n) is 8.83. The Morgan fingerprint density at radius 2 is 1.95 bits per heavy atom. The lowest BCUT2D eigenvalue weighted by Crippen LogP contribution is -2.53. The first-order valence-corrected chi connectivity index (χ1v) is 8.83. The van der Waals surface area contributed by atoms with Gasteiger partial charge in [0.1, 0.15) is 0 Å². The van der Waals surface area contributed by atoms with Gasteiger partial charge in [-0.1, -0.05) is 41.5 Å². The molecule has 0 aromatic heterocycles. The molecule has 0 aromatic rings. The highest BCUT2D eigenvalue weighted by Gasteiger charge is 2.31. The molecule has 2 N–H and O–H groups in total. The quantitative estimate of drug-likeness (QED) is 0.793. The first kappa shape index (κ1) is 19.4. The second-order valence-corrected chi connectivity index (χ2v) is 8.43. The van der Waals surface area contributed by atoms with E-state index >= 15 is 0 Å². The Morgan fingerprint density at radius 1 is 1.32 bits per heavy atom. The highest BCUT2D eigenvalue weighted by atomic mass is 16.3. The zero-order chi connectivity index (χ0) is 16.9. The van der Waals surface area contributed by atoms with Crippen molar-refractivity contribution in [1.29, 1.82) is 0 Å². The number of nitrogens with one attached hydrogen (secondary N) is 1. The molecule has 130 valence electrons. The van der Waals surface area contributed by atoms with E-state index in [0.29, 0.717) is 11.8 Å². The molecule has 1 fully saturated rings. The number of hydrogen-bond acceptors (Lipinski definition) is 3. The van der Waals surface area contributed by atoms with Gasteiger partial charge in [0.15, 0.2) is 0 Å². The van der Waals surface area contributed by atoms with Gasteiger partial charge in [-0.3, -0.25) is 4.79 Å². The predicted molar refractivity (Wildman–Crippen MR) is 91.7 cm³/mol. The van der Waals surface area contributed by atoms with E-state index in [-0.39, 0.29) is 23.5 Å². The summed E-state index contributed by atoms with van der Waals surface area (Å²) >= 11 is 0. The number of carbonyl (C=O) groups excluding carboxylic acids is 1. The number of carbonyl (C=O) groups is 1. The Morgan fingerprint density at radius 3 is 2.45 bits per heavy atom. The average molecular weight is 312 g/mol. The van der Waals surface area contributed by atoms with E-state index < -0.39 is 0 Å². The third kappa shape index (κ3) is 6.66. The van der Waals surface area contributed by atoms with Gasteiger partial charge < -0.3 is 15.3 Å². The first-order chi connectivity index (χ1) is 10.1. The topological polar surface area (TPSA) is 52.6 Å². The van der Waals surface area contributed by atoms with E-state index in [9.17, 15) is 9.90 Å². The molecular weight excluding hydrogens is 276 g/mol. The van der Waals surface area contributed by atoms with Crippen molar-refractivity contribution < 1.29 is 9.90 Å². The molecule has 0 aliphatic carbocycles. The second-order valence-electron chi connectivity index (χ2n) is 8.43. The minimum atomic E-state index is -0.348. The molecule has 0 bridgehead atoms. The summed E-state index contributed by atoms with van der Waals surface area (Å²) in [7, 11) is 0. The van der Waals surface area contributed by atoms with E-state index in [1.165, 1.54) is 0 Å². The Kier molecular flexibility index (Phi) is 7.33. The fraction of sp³-hybridized carbons (Fsp3) is 0.944. The highest BCUT2D eigenvalue weighted by Crippen LogP contribution is 2.24. The maximum atomic E-state index is 12.3. The second kappa shape index (κ2) is 8.30. The maximum Gasteiger partial charge on any atom is 0.225 e. The number of amides is 1. The van der Waals surface area contributed by atoms with Crippen LogP contribution in [0.1, 0.15) is 60.8 Å². The lowest BCUT2D eigenvalue weighted by Gasteiger charge is -2.40. The van der Waals surface area contributed by atoms with Crippen molar-refractivity contribution in [3.05, 3.63) is 0 Å². The minimum absolute atomic E-state index is 0.124. The predicted octanol–water partition coefficient (Wildman–Crippen LogP) is 2.66. The normalized spacial score (nSPS) is 25.3. The van der Waals surface area contributed by atoms with E-state index in [4.69, 9.17) is 0 Å². The summed E-state index contributed by atoms with van der Waals surface area (Å²) in [6, 6.07) is 0.202. The Balaban J connectivity index is 2.68. The molecule has 4 nitrogen and oxygen atoms in total. The Hall–Kier alpha value is -0.610. The maximum absolute atomic E-state index is 12.3. The van der Waals surface area contributed by atoms with Crippen molar-refractivity contribution in [3.63, 3.8) is 0 Å². The van der Waals surface area contributed by atoms with Crippen LogP contribution in [0, 0.1) is 17.3 Å². The number of rotatable bonds is 6. The largest absolute Gasteiger partial charge is 0.393 e. The molecule has 1 aliphatic rings. The van der Waals surface area contributed by atoms with E-state index in [0.717, 1.165) is 38.9 Å². The van der Waals surface area contributed by atoms with Crippen LogP contribution >= 0.6 is 0 Å². The number of piperidine rings is 1. The Labute approximate surface area is 136 Å². The van der Waals surface area contributed by atoms with Crippen LogP contribution in [0.25, 0.3) is 0 Å². The minimum Gasteiger partial charge on any atom is -0.393 e. The van der Waals surface area contributed by atoms with Gasteiger partial charge in [-0.15, -0.1) is 0 Å². The number of nitrogens with zero attached hydrogens (tertiary/aromatic N) is 1. The smallest absolute Gasteiger partial charge is 0.225 e. The van der Waals surface area contributed by atoms with Gasteiger partial charge >= 0.3 is 0 Å². The van der Waals surface area contributed by atoms with Crippen molar-refractivity contribution in [2.24, 2.45) is 17.3 Å². The zero-order valence-electron chi connectivity index (χ0n) is 15.4. The third-order valence-corrected chi connectivity index (χ3v) is 4.33. The molecule has 1 saturated heterocycles. The summed E-state index contributed by atoms with van der Waals surface area (Å²) in [5, 5.41) is 13.2. The molecular formula is C18H36N2O2. The molecule has 1 aliphatic heterocycles. The van der Waals surface area contributed by atoms with Gasteiger partial charge in [0.05, 0.1) is 6.10 Å².